The molecular weight excluding hydrogens is 383 g/mol. The minimum Gasteiger partial charge on any atom is -0.465 e. The van der Waals surface area contributed by atoms with Crippen molar-refractivity contribution in [3.05, 3.63) is 46.5 Å². The number of nitrogens with one attached hydrogen (secondary N) is 1. The Hall–Kier alpha value is -2.62. The highest BCUT2D eigenvalue weighted by molar-refractivity contribution is 7.17. The number of alkyl halides is 3. The number of thiazole rings is 1. The smallest absolute Gasteiger partial charge is 0.417 e. The number of carboxylic acid groups (broad SMARTS) is 1. The molecule has 27 heavy (non-hydrogen) atoms. The standard InChI is InChI=1S/C17H16F3N3O3S/c18-17(19,20)12-6-2-1-5-11(12)14(24)13-9-22-15(27-13)21-8-10-4-3-7-23(10)16(25)26/h1-2,5-6,9-10H,3-4,7-8H2,(H,21,22)(H,25,26)/t10-/m0/s1. The van der Waals surface area contributed by atoms with Crippen molar-refractivity contribution in [3.8, 4) is 0 Å². The Morgan fingerprint density at radius 1 is 1.33 bits per heavy atom. The van der Waals surface area contributed by atoms with Gasteiger partial charge >= 0.3 is 12.3 Å². The molecule has 6 nitrogen and oxygen atoms in total. The van der Waals surface area contributed by atoms with Gasteiger partial charge in [-0.15, -0.1) is 0 Å². The first kappa shape index (κ1) is 19.2. The number of nitrogens with zero attached hydrogens (tertiary/aromatic N) is 2. The fraction of sp³-hybridized carbons (Fsp3) is 0.353. The summed E-state index contributed by atoms with van der Waals surface area (Å²) in [5, 5.41) is 12.5. The van der Waals surface area contributed by atoms with Crippen LogP contribution in [0.25, 0.3) is 0 Å². The van der Waals surface area contributed by atoms with Crippen molar-refractivity contribution in [1.29, 1.82) is 0 Å². The Balaban J connectivity index is 1.71. The van der Waals surface area contributed by atoms with E-state index >= 15 is 0 Å². The minimum atomic E-state index is -4.62. The number of rotatable bonds is 5. The van der Waals surface area contributed by atoms with Crippen molar-refractivity contribution < 1.29 is 27.9 Å². The number of hydrogen-bond donors (Lipinski definition) is 2. The van der Waals surface area contributed by atoms with Gasteiger partial charge in [-0.2, -0.15) is 13.2 Å². The lowest BCUT2D eigenvalue weighted by Gasteiger charge is -2.21. The van der Waals surface area contributed by atoms with Crippen LogP contribution in [0.3, 0.4) is 0 Å². The number of likely N-dealkylation sites (tertiary alicyclic amines) is 1. The molecule has 2 N–H and O–H groups in total. The summed E-state index contributed by atoms with van der Waals surface area (Å²) in [6.45, 7) is 0.796. The summed E-state index contributed by atoms with van der Waals surface area (Å²) in [7, 11) is 0. The number of hydrogen-bond acceptors (Lipinski definition) is 5. The molecule has 0 saturated carbocycles. The number of anilines is 1. The first-order valence-electron chi connectivity index (χ1n) is 8.17. The summed E-state index contributed by atoms with van der Waals surface area (Å²) in [6, 6.07) is 4.42. The van der Waals surface area contributed by atoms with Gasteiger partial charge in [-0.1, -0.05) is 29.5 Å². The van der Waals surface area contributed by atoms with E-state index in [0.717, 1.165) is 36.3 Å². The molecule has 2 heterocycles. The number of benzene rings is 1. The van der Waals surface area contributed by atoms with Crippen molar-refractivity contribution >= 4 is 28.3 Å². The second kappa shape index (κ2) is 7.55. The molecule has 0 unspecified atom stereocenters. The normalized spacial score (nSPS) is 17.1. The van der Waals surface area contributed by atoms with Crippen LogP contribution < -0.4 is 5.32 Å². The molecular formula is C17H16F3N3O3S. The molecule has 10 heteroatoms. The number of halogens is 3. The predicted molar refractivity (Wildman–Crippen MR) is 93.2 cm³/mol. The summed E-state index contributed by atoms with van der Waals surface area (Å²) in [5.41, 5.74) is -1.41. The zero-order valence-electron chi connectivity index (χ0n) is 14.0. The molecule has 0 aliphatic carbocycles. The third-order valence-corrected chi connectivity index (χ3v) is 5.27. The van der Waals surface area contributed by atoms with E-state index in [2.05, 4.69) is 10.3 Å². The highest BCUT2D eigenvalue weighted by atomic mass is 32.1. The third kappa shape index (κ3) is 4.21. The lowest BCUT2D eigenvalue weighted by molar-refractivity contribution is -0.137. The summed E-state index contributed by atoms with van der Waals surface area (Å²) in [6.07, 6.45) is -2.89. The molecule has 144 valence electrons. The lowest BCUT2D eigenvalue weighted by atomic mass is 10.0. The summed E-state index contributed by atoms with van der Waals surface area (Å²) >= 11 is 0.943. The van der Waals surface area contributed by atoms with Crippen LogP contribution in [0.4, 0.5) is 23.1 Å². The fourth-order valence-corrected chi connectivity index (χ4v) is 3.80. The number of amides is 1. The van der Waals surface area contributed by atoms with Gasteiger partial charge in [0.2, 0.25) is 5.78 Å². The van der Waals surface area contributed by atoms with E-state index in [1.165, 1.54) is 23.2 Å². The Morgan fingerprint density at radius 3 is 2.78 bits per heavy atom. The maximum absolute atomic E-state index is 13.1. The van der Waals surface area contributed by atoms with Crippen LogP contribution in [0, 0.1) is 0 Å². The SMILES string of the molecule is O=C(c1cnc(NC[C@@H]2CCCN2C(=O)O)s1)c1ccccc1C(F)(F)F. The third-order valence-electron chi connectivity index (χ3n) is 4.32. The van der Waals surface area contributed by atoms with E-state index in [0.29, 0.717) is 18.2 Å². The van der Waals surface area contributed by atoms with Gasteiger partial charge in [-0.25, -0.2) is 9.78 Å². The van der Waals surface area contributed by atoms with Crippen LogP contribution in [-0.4, -0.2) is 46.0 Å². The van der Waals surface area contributed by atoms with Crippen LogP contribution >= 0.6 is 11.3 Å². The van der Waals surface area contributed by atoms with E-state index in [-0.39, 0.29) is 10.9 Å². The topological polar surface area (TPSA) is 82.5 Å². The molecule has 1 aromatic heterocycles. The fourth-order valence-electron chi connectivity index (χ4n) is 3.03. The molecule has 1 aromatic carbocycles. The van der Waals surface area contributed by atoms with Gasteiger partial charge in [0.05, 0.1) is 22.7 Å². The van der Waals surface area contributed by atoms with Crippen LogP contribution in [0.1, 0.15) is 33.6 Å². The Morgan fingerprint density at radius 2 is 2.07 bits per heavy atom. The lowest BCUT2D eigenvalue weighted by Crippen LogP contribution is -2.38. The summed E-state index contributed by atoms with van der Waals surface area (Å²) < 4.78 is 39.3. The number of aromatic nitrogens is 1. The Kier molecular flexibility index (Phi) is 5.36. The number of ketones is 1. The largest absolute Gasteiger partial charge is 0.465 e. The highest BCUT2D eigenvalue weighted by Crippen LogP contribution is 2.33. The molecule has 1 atom stereocenters. The van der Waals surface area contributed by atoms with E-state index in [9.17, 15) is 22.8 Å². The Labute approximate surface area is 156 Å². The van der Waals surface area contributed by atoms with Crippen molar-refractivity contribution in [2.24, 2.45) is 0 Å². The van der Waals surface area contributed by atoms with Crippen LogP contribution in [0.2, 0.25) is 0 Å². The van der Waals surface area contributed by atoms with E-state index < -0.39 is 29.2 Å². The molecule has 2 aromatic rings. The molecule has 0 radical (unpaired) electrons. The van der Waals surface area contributed by atoms with Gasteiger partial charge in [0.25, 0.3) is 0 Å². The van der Waals surface area contributed by atoms with Crippen molar-refractivity contribution in [2.45, 2.75) is 25.1 Å². The second-order valence-corrected chi connectivity index (χ2v) is 7.09. The first-order chi connectivity index (χ1) is 12.8. The molecule has 1 saturated heterocycles. The molecule has 1 fully saturated rings. The van der Waals surface area contributed by atoms with Crippen LogP contribution in [0.5, 0.6) is 0 Å². The minimum absolute atomic E-state index is 0.0794. The van der Waals surface area contributed by atoms with Crippen molar-refractivity contribution in [3.63, 3.8) is 0 Å². The zero-order valence-corrected chi connectivity index (χ0v) is 14.8. The second-order valence-electron chi connectivity index (χ2n) is 6.06. The average Bonchev–Trinajstić information content (AvgIpc) is 3.27. The van der Waals surface area contributed by atoms with Crippen LogP contribution in [0.15, 0.2) is 30.5 Å². The first-order valence-corrected chi connectivity index (χ1v) is 8.99. The molecule has 0 spiro atoms. The van der Waals surface area contributed by atoms with E-state index in [1.54, 1.807) is 0 Å². The van der Waals surface area contributed by atoms with Crippen molar-refractivity contribution in [1.82, 2.24) is 9.88 Å². The molecule has 0 bridgehead atoms. The van der Waals surface area contributed by atoms with Gasteiger partial charge in [-0.3, -0.25) is 4.79 Å². The van der Waals surface area contributed by atoms with Gasteiger partial charge in [0.1, 0.15) is 0 Å². The maximum Gasteiger partial charge on any atom is 0.417 e. The monoisotopic (exact) mass is 399 g/mol. The summed E-state index contributed by atoms with van der Waals surface area (Å²) in [5.74, 6) is -0.749. The van der Waals surface area contributed by atoms with Gasteiger partial charge in [0.15, 0.2) is 5.13 Å². The van der Waals surface area contributed by atoms with E-state index in [1.807, 2.05) is 0 Å². The quantitative estimate of drug-likeness (QED) is 0.744. The number of carbonyl (C=O) groups is 2. The zero-order chi connectivity index (χ0) is 19.6. The number of carbonyl (C=O) groups excluding carboxylic acids is 1. The van der Waals surface area contributed by atoms with Gasteiger partial charge in [0, 0.05) is 18.7 Å². The van der Waals surface area contributed by atoms with Crippen LogP contribution in [-0.2, 0) is 6.18 Å². The average molecular weight is 399 g/mol. The van der Waals surface area contributed by atoms with Gasteiger partial charge < -0.3 is 15.3 Å². The Bertz CT molecular complexity index is 853. The molecule has 1 aliphatic rings. The highest BCUT2D eigenvalue weighted by Gasteiger charge is 2.35. The molecule has 1 aliphatic heterocycles. The maximum atomic E-state index is 13.1. The predicted octanol–water partition coefficient (Wildman–Crippen LogP) is 3.95. The van der Waals surface area contributed by atoms with E-state index in [4.69, 9.17) is 5.11 Å². The molecule has 3 rings (SSSR count). The summed E-state index contributed by atoms with van der Waals surface area (Å²) in [4.78, 5) is 29.1. The molecule has 1 amide bonds. The van der Waals surface area contributed by atoms with Crippen molar-refractivity contribution in [2.75, 3.05) is 18.4 Å². The van der Waals surface area contributed by atoms with Gasteiger partial charge in [-0.05, 0) is 18.9 Å².